The van der Waals surface area contributed by atoms with Crippen molar-refractivity contribution in [1.82, 2.24) is 14.7 Å². The van der Waals surface area contributed by atoms with Gasteiger partial charge >= 0.3 is 0 Å². The molecule has 0 spiro atoms. The van der Waals surface area contributed by atoms with Gasteiger partial charge in [0.2, 0.25) is 0 Å². The maximum atomic E-state index is 4.24. The highest BCUT2D eigenvalue weighted by Gasteiger charge is 2.09. The number of hydrogen-bond acceptors (Lipinski definition) is 4. The van der Waals surface area contributed by atoms with E-state index in [1.54, 1.807) is 0 Å². The van der Waals surface area contributed by atoms with Crippen molar-refractivity contribution in [3.05, 3.63) is 24.0 Å². The molecule has 0 aromatic carbocycles. The third-order valence-electron chi connectivity index (χ3n) is 3.52. The maximum Gasteiger partial charge on any atom is 0.0919 e. The molecule has 0 unspecified atom stereocenters. The second-order valence-corrected chi connectivity index (χ2v) is 6.03. The number of hydrogen-bond donors (Lipinski definition) is 1. The summed E-state index contributed by atoms with van der Waals surface area (Å²) < 4.78 is 1.85. The van der Waals surface area contributed by atoms with Gasteiger partial charge in [0, 0.05) is 36.8 Å². The molecule has 110 valence electrons. The van der Waals surface area contributed by atoms with Crippen LogP contribution in [-0.4, -0.2) is 40.9 Å². The quantitative estimate of drug-likeness (QED) is 0.850. The average molecular weight is 292 g/mol. The summed E-state index contributed by atoms with van der Waals surface area (Å²) in [6, 6.07) is 2.24. The van der Waals surface area contributed by atoms with Gasteiger partial charge in [0.1, 0.15) is 0 Å². The fourth-order valence-electron chi connectivity index (χ4n) is 2.22. The Morgan fingerprint density at radius 2 is 2.10 bits per heavy atom. The smallest absolute Gasteiger partial charge is 0.0919 e. The van der Waals surface area contributed by atoms with Crippen molar-refractivity contribution in [2.75, 3.05) is 31.5 Å². The van der Waals surface area contributed by atoms with Crippen molar-refractivity contribution < 1.29 is 0 Å². The Labute approximate surface area is 125 Å². The van der Waals surface area contributed by atoms with Gasteiger partial charge in [0.15, 0.2) is 0 Å². The van der Waals surface area contributed by atoms with Gasteiger partial charge in [-0.2, -0.15) is 5.10 Å². The Balaban J connectivity index is 1.98. The Morgan fingerprint density at radius 3 is 2.70 bits per heavy atom. The van der Waals surface area contributed by atoms with E-state index in [2.05, 4.69) is 48.3 Å². The highest BCUT2D eigenvalue weighted by Crippen LogP contribution is 2.34. The van der Waals surface area contributed by atoms with Crippen LogP contribution in [-0.2, 0) is 7.05 Å². The van der Waals surface area contributed by atoms with E-state index in [-0.39, 0.29) is 0 Å². The van der Waals surface area contributed by atoms with Crippen LogP contribution in [0.4, 0.5) is 5.00 Å². The van der Waals surface area contributed by atoms with E-state index in [9.17, 15) is 0 Å². The molecule has 0 radical (unpaired) electrons. The molecule has 0 aliphatic carbocycles. The molecule has 5 heteroatoms. The second-order valence-electron chi connectivity index (χ2n) is 4.98. The molecule has 0 saturated heterocycles. The third-order valence-corrected chi connectivity index (χ3v) is 4.76. The van der Waals surface area contributed by atoms with E-state index in [0.717, 1.165) is 26.2 Å². The zero-order chi connectivity index (χ0) is 14.5. The molecule has 0 fully saturated rings. The van der Waals surface area contributed by atoms with Crippen molar-refractivity contribution in [1.29, 1.82) is 0 Å². The standard InChI is InChI=1S/C15H24N4S/c1-5-19(6-2)8-7-16-15-12(3)9-14(20-15)13-10-17-18(4)11-13/h9-11,16H,5-8H2,1-4H3. The van der Waals surface area contributed by atoms with E-state index in [1.807, 2.05) is 29.3 Å². The highest BCUT2D eigenvalue weighted by molar-refractivity contribution is 7.19. The Hall–Kier alpha value is -1.33. The maximum absolute atomic E-state index is 4.24. The molecule has 0 bridgehead atoms. The number of anilines is 1. The van der Waals surface area contributed by atoms with Gasteiger partial charge in [0.05, 0.1) is 11.2 Å². The van der Waals surface area contributed by atoms with Crippen LogP contribution >= 0.6 is 11.3 Å². The minimum absolute atomic E-state index is 0.996. The fraction of sp³-hybridized carbons (Fsp3) is 0.533. The first-order valence-electron chi connectivity index (χ1n) is 7.19. The zero-order valence-corrected chi connectivity index (χ0v) is 13.6. The molecule has 1 N–H and O–H groups in total. The van der Waals surface area contributed by atoms with E-state index >= 15 is 0 Å². The Morgan fingerprint density at radius 1 is 1.35 bits per heavy atom. The fourth-order valence-corrected chi connectivity index (χ4v) is 3.29. The number of nitrogens with one attached hydrogen (secondary N) is 1. The molecule has 2 aromatic heterocycles. The lowest BCUT2D eigenvalue weighted by Gasteiger charge is -2.18. The molecule has 20 heavy (non-hydrogen) atoms. The summed E-state index contributed by atoms with van der Waals surface area (Å²) in [5.41, 5.74) is 2.51. The SMILES string of the molecule is CCN(CC)CCNc1sc(-c2cnn(C)c2)cc1C. The predicted molar refractivity (Wildman–Crippen MR) is 87.5 cm³/mol. The number of rotatable bonds is 7. The van der Waals surface area contributed by atoms with Gasteiger partial charge in [-0.3, -0.25) is 4.68 Å². The van der Waals surface area contributed by atoms with Crippen molar-refractivity contribution >= 4 is 16.3 Å². The van der Waals surface area contributed by atoms with Gasteiger partial charge < -0.3 is 10.2 Å². The number of likely N-dealkylation sites (N-methyl/N-ethyl adjacent to an activating group) is 1. The topological polar surface area (TPSA) is 33.1 Å². The summed E-state index contributed by atoms with van der Waals surface area (Å²) in [6.45, 7) is 10.9. The molecule has 0 aliphatic heterocycles. The lowest BCUT2D eigenvalue weighted by molar-refractivity contribution is 0.316. The lowest BCUT2D eigenvalue weighted by Crippen LogP contribution is -2.28. The minimum atomic E-state index is 0.996. The van der Waals surface area contributed by atoms with E-state index in [1.165, 1.54) is 21.0 Å². The number of aryl methyl sites for hydroxylation is 2. The van der Waals surface area contributed by atoms with E-state index in [0.29, 0.717) is 0 Å². The summed E-state index contributed by atoms with van der Waals surface area (Å²) in [5.74, 6) is 0. The zero-order valence-electron chi connectivity index (χ0n) is 12.8. The lowest BCUT2D eigenvalue weighted by atomic mass is 10.2. The molecule has 0 saturated carbocycles. The van der Waals surface area contributed by atoms with Gasteiger partial charge in [-0.1, -0.05) is 13.8 Å². The highest BCUT2D eigenvalue weighted by atomic mass is 32.1. The molecule has 0 amide bonds. The van der Waals surface area contributed by atoms with Crippen molar-refractivity contribution in [3.8, 4) is 10.4 Å². The second kappa shape index (κ2) is 6.90. The first-order chi connectivity index (χ1) is 9.63. The van der Waals surface area contributed by atoms with E-state index in [4.69, 9.17) is 0 Å². The molecule has 2 rings (SSSR count). The van der Waals surface area contributed by atoms with Crippen LogP contribution < -0.4 is 5.32 Å². The largest absolute Gasteiger partial charge is 0.375 e. The number of thiophene rings is 1. The Kier molecular flexibility index (Phi) is 5.20. The summed E-state index contributed by atoms with van der Waals surface area (Å²) >= 11 is 1.81. The van der Waals surface area contributed by atoms with Crippen LogP contribution in [0.25, 0.3) is 10.4 Å². The molecule has 0 aliphatic rings. The van der Waals surface area contributed by atoms with E-state index < -0.39 is 0 Å². The van der Waals surface area contributed by atoms with Crippen LogP contribution in [0.5, 0.6) is 0 Å². The predicted octanol–water partition coefficient (Wildman–Crippen LogP) is 3.21. The van der Waals surface area contributed by atoms with Crippen molar-refractivity contribution in [2.24, 2.45) is 7.05 Å². The van der Waals surface area contributed by atoms with Gasteiger partial charge in [-0.05, 0) is 31.6 Å². The summed E-state index contributed by atoms with van der Waals surface area (Å²) in [5, 5.41) is 9.07. The molecular formula is C15H24N4S. The molecule has 2 heterocycles. The van der Waals surface area contributed by atoms with Crippen LogP contribution in [0.3, 0.4) is 0 Å². The summed E-state index contributed by atoms with van der Waals surface area (Å²) in [6.07, 6.45) is 3.98. The molecule has 2 aromatic rings. The number of nitrogens with zero attached hydrogens (tertiary/aromatic N) is 3. The van der Waals surface area contributed by atoms with Gasteiger partial charge in [-0.25, -0.2) is 0 Å². The summed E-state index contributed by atoms with van der Waals surface area (Å²) in [7, 11) is 1.95. The molecule has 4 nitrogen and oxygen atoms in total. The minimum Gasteiger partial charge on any atom is -0.375 e. The van der Waals surface area contributed by atoms with Crippen molar-refractivity contribution in [2.45, 2.75) is 20.8 Å². The van der Waals surface area contributed by atoms with Crippen LogP contribution in [0.2, 0.25) is 0 Å². The first kappa shape index (κ1) is 15.1. The normalized spacial score (nSPS) is 11.2. The molecule has 0 atom stereocenters. The van der Waals surface area contributed by atoms with Crippen LogP contribution in [0.1, 0.15) is 19.4 Å². The van der Waals surface area contributed by atoms with Crippen LogP contribution in [0, 0.1) is 6.92 Å². The van der Waals surface area contributed by atoms with Gasteiger partial charge in [-0.15, -0.1) is 11.3 Å². The third kappa shape index (κ3) is 3.61. The van der Waals surface area contributed by atoms with Crippen molar-refractivity contribution in [3.63, 3.8) is 0 Å². The van der Waals surface area contributed by atoms with Gasteiger partial charge in [0.25, 0.3) is 0 Å². The average Bonchev–Trinajstić information content (AvgIpc) is 3.01. The molecular weight excluding hydrogens is 268 g/mol. The monoisotopic (exact) mass is 292 g/mol. The number of aromatic nitrogens is 2. The van der Waals surface area contributed by atoms with Crippen LogP contribution in [0.15, 0.2) is 18.5 Å². The summed E-state index contributed by atoms with van der Waals surface area (Å²) in [4.78, 5) is 3.71. The Bertz CT molecular complexity index is 540. The first-order valence-corrected chi connectivity index (χ1v) is 8.01.